The van der Waals surface area contributed by atoms with Crippen LogP contribution >= 0.6 is 0 Å². The summed E-state index contributed by atoms with van der Waals surface area (Å²) in [6, 6.07) is 18.6. The van der Waals surface area contributed by atoms with E-state index < -0.39 is 10.0 Å². The van der Waals surface area contributed by atoms with Crippen LogP contribution in [-0.4, -0.2) is 32.3 Å². The fraction of sp³-hybridized carbons (Fsp3) is 0.345. The Morgan fingerprint density at radius 3 is 2.36 bits per heavy atom. The lowest BCUT2D eigenvalue weighted by atomic mass is 10.1. The van der Waals surface area contributed by atoms with Crippen molar-refractivity contribution in [2.24, 2.45) is 0 Å². The quantitative estimate of drug-likeness (QED) is 0.434. The van der Waals surface area contributed by atoms with Gasteiger partial charge in [-0.2, -0.15) is 0 Å². The second kappa shape index (κ2) is 11.3. The summed E-state index contributed by atoms with van der Waals surface area (Å²) in [5, 5.41) is 2.94. The number of anilines is 1. The normalized spacial score (nSPS) is 14.4. The van der Waals surface area contributed by atoms with Crippen LogP contribution < -0.4 is 10.0 Å². The highest BCUT2D eigenvalue weighted by Crippen LogP contribution is 2.24. The molecule has 1 amide bonds. The van der Waals surface area contributed by atoms with Crippen LogP contribution in [0.2, 0.25) is 0 Å². The highest BCUT2D eigenvalue weighted by Gasteiger charge is 2.20. The van der Waals surface area contributed by atoms with Crippen molar-refractivity contribution in [1.29, 1.82) is 0 Å². The Labute approximate surface area is 214 Å². The number of nitrogens with one attached hydrogen (secondary N) is 2. The maximum atomic E-state index is 13.2. The average Bonchev–Trinajstić information content (AvgIpc) is 2.85. The van der Waals surface area contributed by atoms with Gasteiger partial charge in [-0.25, -0.2) is 8.42 Å². The fourth-order valence-electron chi connectivity index (χ4n) is 4.66. The first-order valence-corrected chi connectivity index (χ1v) is 14.0. The Balaban J connectivity index is 1.44. The van der Waals surface area contributed by atoms with Gasteiger partial charge < -0.3 is 5.32 Å². The predicted molar refractivity (Wildman–Crippen MR) is 145 cm³/mol. The van der Waals surface area contributed by atoms with Gasteiger partial charge in [0.25, 0.3) is 15.9 Å². The number of sulfonamides is 1. The molecule has 0 bridgehead atoms. The molecule has 1 heterocycles. The summed E-state index contributed by atoms with van der Waals surface area (Å²) in [4.78, 5) is 15.5. The van der Waals surface area contributed by atoms with Gasteiger partial charge >= 0.3 is 0 Å². The second-order valence-corrected chi connectivity index (χ2v) is 11.4. The minimum absolute atomic E-state index is 0.0960. The van der Waals surface area contributed by atoms with Crippen molar-refractivity contribution in [3.05, 3.63) is 94.0 Å². The molecule has 0 aromatic heterocycles. The van der Waals surface area contributed by atoms with E-state index in [9.17, 15) is 13.2 Å². The van der Waals surface area contributed by atoms with E-state index in [2.05, 4.69) is 27.1 Å². The zero-order valence-corrected chi connectivity index (χ0v) is 22.1. The van der Waals surface area contributed by atoms with Crippen molar-refractivity contribution >= 4 is 21.6 Å². The van der Waals surface area contributed by atoms with Crippen molar-refractivity contribution in [1.82, 2.24) is 10.2 Å². The summed E-state index contributed by atoms with van der Waals surface area (Å²) in [5.41, 5.74) is 5.58. The largest absolute Gasteiger partial charge is 0.348 e. The van der Waals surface area contributed by atoms with E-state index in [1.54, 1.807) is 25.1 Å². The zero-order valence-electron chi connectivity index (χ0n) is 21.3. The molecule has 7 heteroatoms. The number of carbonyl (C=O) groups is 1. The standard InChI is InChI=1S/C29H35N3O3S/c1-21-10-13-27(23(3)16-21)31-36(34,35)28-18-26(12-11-22(28)2)29(33)30-19-24-8-7-9-25(17-24)20-32-14-5-4-6-15-32/h7-13,16-18,31H,4-6,14-15,19-20H2,1-3H3,(H,30,33). The van der Waals surface area contributed by atoms with Crippen LogP contribution in [0.4, 0.5) is 5.69 Å². The van der Waals surface area contributed by atoms with Crippen LogP contribution in [0, 0.1) is 20.8 Å². The van der Waals surface area contributed by atoms with Gasteiger partial charge in [0.15, 0.2) is 0 Å². The van der Waals surface area contributed by atoms with E-state index in [-0.39, 0.29) is 10.8 Å². The monoisotopic (exact) mass is 505 g/mol. The van der Waals surface area contributed by atoms with Crippen molar-refractivity contribution in [3.63, 3.8) is 0 Å². The molecule has 6 nitrogen and oxygen atoms in total. The Morgan fingerprint density at radius 2 is 1.61 bits per heavy atom. The van der Waals surface area contributed by atoms with Crippen LogP contribution in [0.5, 0.6) is 0 Å². The second-order valence-electron chi connectivity index (χ2n) is 9.74. The van der Waals surface area contributed by atoms with Crippen LogP contribution in [0.3, 0.4) is 0 Å². The maximum absolute atomic E-state index is 13.2. The average molecular weight is 506 g/mol. The molecule has 3 aromatic carbocycles. The molecule has 3 aromatic rings. The molecule has 0 saturated carbocycles. The zero-order chi connectivity index (χ0) is 25.7. The van der Waals surface area contributed by atoms with Crippen molar-refractivity contribution in [3.8, 4) is 0 Å². The first-order valence-electron chi connectivity index (χ1n) is 12.5. The summed E-state index contributed by atoms with van der Waals surface area (Å²) < 4.78 is 29.0. The van der Waals surface area contributed by atoms with Gasteiger partial charge in [0, 0.05) is 18.7 Å². The third kappa shape index (κ3) is 6.53. The number of benzene rings is 3. The minimum atomic E-state index is -3.86. The van der Waals surface area contributed by atoms with E-state index >= 15 is 0 Å². The van der Waals surface area contributed by atoms with Gasteiger partial charge in [0.2, 0.25) is 0 Å². The number of hydrogen-bond donors (Lipinski definition) is 2. The molecule has 0 spiro atoms. The lowest BCUT2D eigenvalue weighted by molar-refractivity contribution is 0.0950. The number of amides is 1. The van der Waals surface area contributed by atoms with Crippen molar-refractivity contribution in [2.45, 2.75) is 58.0 Å². The fourth-order valence-corrected chi connectivity index (χ4v) is 6.06. The lowest BCUT2D eigenvalue weighted by Crippen LogP contribution is -2.29. The number of rotatable bonds is 8. The minimum Gasteiger partial charge on any atom is -0.348 e. The van der Waals surface area contributed by atoms with E-state index in [1.807, 2.05) is 38.1 Å². The first kappa shape index (κ1) is 25.9. The molecule has 36 heavy (non-hydrogen) atoms. The number of hydrogen-bond acceptors (Lipinski definition) is 4. The van der Waals surface area contributed by atoms with Crippen molar-refractivity contribution < 1.29 is 13.2 Å². The number of aryl methyl sites for hydroxylation is 3. The molecule has 0 unspecified atom stereocenters. The molecule has 1 saturated heterocycles. The molecule has 4 rings (SSSR count). The van der Waals surface area contributed by atoms with Crippen LogP contribution in [-0.2, 0) is 23.1 Å². The SMILES string of the molecule is Cc1ccc(NS(=O)(=O)c2cc(C(=O)NCc3cccc(CN4CCCCC4)c3)ccc2C)c(C)c1. The van der Waals surface area contributed by atoms with E-state index in [1.165, 1.54) is 30.9 Å². The predicted octanol–water partition coefficient (Wildman–Crippen LogP) is 5.33. The Kier molecular flexibility index (Phi) is 8.11. The molecule has 2 N–H and O–H groups in total. The van der Waals surface area contributed by atoms with Gasteiger partial charge in [-0.15, -0.1) is 0 Å². The van der Waals surface area contributed by atoms with Gasteiger partial charge in [0.1, 0.15) is 0 Å². The Morgan fingerprint density at radius 1 is 0.861 bits per heavy atom. The topological polar surface area (TPSA) is 78.5 Å². The van der Waals surface area contributed by atoms with Gasteiger partial charge in [0.05, 0.1) is 10.6 Å². The van der Waals surface area contributed by atoms with E-state index in [0.29, 0.717) is 23.4 Å². The number of nitrogens with zero attached hydrogens (tertiary/aromatic N) is 1. The first-order chi connectivity index (χ1) is 17.2. The van der Waals surface area contributed by atoms with E-state index in [0.717, 1.165) is 36.3 Å². The molecule has 0 atom stereocenters. The smallest absolute Gasteiger partial charge is 0.262 e. The summed E-state index contributed by atoms with van der Waals surface area (Å²) in [6.07, 6.45) is 3.82. The molecule has 1 aliphatic heterocycles. The summed E-state index contributed by atoms with van der Waals surface area (Å²) in [7, 11) is -3.86. The third-order valence-corrected chi connectivity index (χ3v) is 8.17. The molecule has 1 fully saturated rings. The van der Waals surface area contributed by atoms with Crippen LogP contribution in [0.1, 0.15) is 57.4 Å². The van der Waals surface area contributed by atoms with Crippen LogP contribution in [0.15, 0.2) is 65.6 Å². The molecule has 190 valence electrons. The summed E-state index contributed by atoms with van der Waals surface area (Å²) >= 11 is 0. The summed E-state index contributed by atoms with van der Waals surface area (Å²) in [5.74, 6) is -0.306. The molecular formula is C29H35N3O3S. The summed E-state index contributed by atoms with van der Waals surface area (Å²) in [6.45, 7) is 9.13. The highest BCUT2D eigenvalue weighted by molar-refractivity contribution is 7.92. The lowest BCUT2D eigenvalue weighted by Gasteiger charge is -2.26. The van der Waals surface area contributed by atoms with Gasteiger partial charge in [-0.3, -0.25) is 14.4 Å². The highest BCUT2D eigenvalue weighted by atomic mass is 32.2. The van der Waals surface area contributed by atoms with E-state index in [4.69, 9.17) is 0 Å². The maximum Gasteiger partial charge on any atom is 0.262 e. The van der Waals surface area contributed by atoms with Crippen LogP contribution in [0.25, 0.3) is 0 Å². The number of piperidine rings is 1. The third-order valence-electron chi connectivity index (χ3n) is 6.67. The molecule has 1 aliphatic rings. The Bertz CT molecular complexity index is 1350. The van der Waals surface area contributed by atoms with Gasteiger partial charge in [-0.05, 0) is 87.2 Å². The molecular weight excluding hydrogens is 470 g/mol. The number of carbonyl (C=O) groups excluding carboxylic acids is 1. The van der Waals surface area contributed by atoms with Gasteiger partial charge in [-0.1, -0.05) is 54.4 Å². The molecule has 0 aliphatic carbocycles. The number of likely N-dealkylation sites (tertiary alicyclic amines) is 1. The molecule has 0 radical (unpaired) electrons. The Hall–Kier alpha value is -3.16. The van der Waals surface area contributed by atoms with Crippen molar-refractivity contribution in [2.75, 3.05) is 17.8 Å².